The molecule has 0 aromatic carbocycles. The van der Waals surface area contributed by atoms with E-state index in [1.54, 1.807) is 6.20 Å². The number of hydrogen-bond donors (Lipinski definition) is 1. The Bertz CT molecular complexity index is 484. The maximum absolute atomic E-state index is 5.74. The summed E-state index contributed by atoms with van der Waals surface area (Å²) in [5.41, 5.74) is 9.02. The molecule has 0 radical (unpaired) electrons. The molecule has 18 heavy (non-hydrogen) atoms. The van der Waals surface area contributed by atoms with Crippen LogP contribution in [-0.2, 0) is 13.1 Å². The van der Waals surface area contributed by atoms with Gasteiger partial charge in [-0.05, 0) is 36.8 Å². The van der Waals surface area contributed by atoms with Crippen molar-refractivity contribution in [3.8, 4) is 0 Å². The van der Waals surface area contributed by atoms with E-state index in [9.17, 15) is 0 Å². The fraction of sp³-hybridized carbons (Fsp3) is 0.286. The van der Waals surface area contributed by atoms with E-state index in [1.165, 1.54) is 5.56 Å². The molecule has 2 aromatic rings. The molecular weight excluding hydrogens is 224 g/mol. The van der Waals surface area contributed by atoms with Crippen LogP contribution in [0.2, 0.25) is 0 Å². The molecule has 0 bridgehead atoms. The molecule has 4 heteroatoms. The molecule has 0 unspecified atom stereocenters. The van der Waals surface area contributed by atoms with Crippen molar-refractivity contribution in [3.05, 3.63) is 54.1 Å². The second kappa shape index (κ2) is 6.12. The average Bonchev–Trinajstić information content (AvgIpc) is 2.46. The molecule has 0 amide bonds. The Hall–Kier alpha value is -1.94. The van der Waals surface area contributed by atoms with E-state index in [0.717, 1.165) is 24.5 Å². The molecule has 2 N–H and O–H groups in total. The number of nitrogens with zero attached hydrogens (tertiary/aromatic N) is 3. The van der Waals surface area contributed by atoms with Gasteiger partial charge in [0.05, 0.1) is 11.4 Å². The van der Waals surface area contributed by atoms with Crippen LogP contribution in [0.4, 0.5) is 5.69 Å². The Kier molecular flexibility index (Phi) is 4.25. The lowest BCUT2D eigenvalue weighted by Crippen LogP contribution is -2.24. The van der Waals surface area contributed by atoms with Crippen LogP contribution in [0.5, 0.6) is 0 Å². The fourth-order valence-corrected chi connectivity index (χ4v) is 1.95. The average molecular weight is 242 g/mol. The van der Waals surface area contributed by atoms with Crippen molar-refractivity contribution in [3.63, 3.8) is 0 Å². The predicted molar refractivity (Wildman–Crippen MR) is 73.1 cm³/mol. The van der Waals surface area contributed by atoms with Crippen molar-refractivity contribution in [1.29, 1.82) is 0 Å². The first-order valence-corrected chi connectivity index (χ1v) is 6.13. The summed E-state index contributed by atoms with van der Waals surface area (Å²) in [5.74, 6) is 0. The molecule has 2 aromatic heterocycles. The first-order valence-electron chi connectivity index (χ1n) is 6.13. The Balaban J connectivity index is 2.23. The van der Waals surface area contributed by atoms with Gasteiger partial charge in [0.15, 0.2) is 0 Å². The van der Waals surface area contributed by atoms with Crippen molar-refractivity contribution in [1.82, 2.24) is 9.97 Å². The highest BCUT2D eigenvalue weighted by Gasteiger charge is 2.09. The first kappa shape index (κ1) is 12.5. The molecular formula is C14H18N4. The normalized spacial score (nSPS) is 10.3. The summed E-state index contributed by atoms with van der Waals surface area (Å²) in [6, 6.07) is 8.08. The summed E-state index contributed by atoms with van der Waals surface area (Å²) >= 11 is 0. The van der Waals surface area contributed by atoms with Crippen LogP contribution in [0.3, 0.4) is 0 Å². The summed E-state index contributed by atoms with van der Waals surface area (Å²) in [6.07, 6.45) is 5.42. The molecule has 0 aliphatic heterocycles. The van der Waals surface area contributed by atoms with Crippen LogP contribution < -0.4 is 10.6 Å². The highest BCUT2D eigenvalue weighted by atomic mass is 15.1. The zero-order valence-electron chi connectivity index (χ0n) is 10.6. The van der Waals surface area contributed by atoms with Crippen LogP contribution in [0.1, 0.15) is 18.2 Å². The predicted octanol–water partition coefficient (Wildman–Crippen LogP) is 1.96. The molecule has 0 aliphatic rings. The third-order valence-corrected chi connectivity index (χ3v) is 2.90. The second-order valence-electron chi connectivity index (χ2n) is 4.04. The topological polar surface area (TPSA) is 55.0 Å². The lowest BCUT2D eigenvalue weighted by Gasteiger charge is -2.24. The van der Waals surface area contributed by atoms with Crippen molar-refractivity contribution in [2.75, 3.05) is 11.4 Å². The van der Waals surface area contributed by atoms with Crippen LogP contribution in [-0.4, -0.2) is 16.5 Å². The van der Waals surface area contributed by atoms with Crippen molar-refractivity contribution >= 4 is 5.69 Å². The highest BCUT2D eigenvalue weighted by Crippen LogP contribution is 2.19. The van der Waals surface area contributed by atoms with Gasteiger partial charge >= 0.3 is 0 Å². The van der Waals surface area contributed by atoms with Crippen LogP contribution >= 0.6 is 0 Å². The summed E-state index contributed by atoms with van der Waals surface area (Å²) in [7, 11) is 0. The largest absolute Gasteiger partial charge is 0.366 e. The monoisotopic (exact) mass is 242 g/mol. The van der Waals surface area contributed by atoms with Crippen molar-refractivity contribution in [2.24, 2.45) is 5.73 Å². The fourth-order valence-electron chi connectivity index (χ4n) is 1.95. The van der Waals surface area contributed by atoms with Gasteiger partial charge in [-0.25, -0.2) is 0 Å². The number of hydrogen-bond acceptors (Lipinski definition) is 4. The molecule has 0 spiro atoms. The lowest BCUT2D eigenvalue weighted by atomic mass is 10.2. The van der Waals surface area contributed by atoms with Crippen LogP contribution in [0, 0.1) is 0 Å². The van der Waals surface area contributed by atoms with E-state index in [4.69, 9.17) is 5.73 Å². The first-order chi connectivity index (χ1) is 8.85. The van der Waals surface area contributed by atoms with Gasteiger partial charge in [0, 0.05) is 38.2 Å². The number of pyridine rings is 2. The van der Waals surface area contributed by atoms with Gasteiger partial charge in [-0.15, -0.1) is 0 Å². The van der Waals surface area contributed by atoms with Gasteiger partial charge in [-0.3, -0.25) is 9.97 Å². The second-order valence-corrected chi connectivity index (χ2v) is 4.04. The Morgan fingerprint density at radius 1 is 1.17 bits per heavy atom. The Morgan fingerprint density at radius 3 is 2.61 bits per heavy atom. The summed E-state index contributed by atoms with van der Waals surface area (Å²) in [6.45, 7) is 4.36. The van der Waals surface area contributed by atoms with Gasteiger partial charge in [0.25, 0.3) is 0 Å². The molecule has 94 valence electrons. The SMILES string of the molecule is CCN(Cc1ccncc1)c1cccnc1CN. The minimum absolute atomic E-state index is 0.461. The summed E-state index contributed by atoms with van der Waals surface area (Å²) in [5, 5.41) is 0. The standard InChI is InChI=1S/C14H18N4/c1-2-18(11-12-5-8-16-9-6-12)14-4-3-7-17-13(14)10-15/h3-9H,2,10-11,15H2,1H3. The van der Waals surface area contributed by atoms with E-state index in [1.807, 2.05) is 30.6 Å². The van der Waals surface area contributed by atoms with E-state index >= 15 is 0 Å². The number of rotatable bonds is 5. The van der Waals surface area contributed by atoms with Gasteiger partial charge in [-0.1, -0.05) is 0 Å². The Morgan fingerprint density at radius 2 is 1.94 bits per heavy atom. The maximum atomic E-state index is 5.74. The number of anilines is 1. The third-order valence-electron chi connectivity index (χ3n) is 2.90. The van der Waals surface area contributed by atoms with Gasteiger partial charge in [0.2, 0.25) is 0 Å². The molecule has 0 fully saturated rings. The van der Waals surface area contributed by atoms with E-state index in [2.05, 4.69) is 27.9 Å². The van der Waals surface area contributed by atoms with Crippen molar-refractivity contribution in [2.45, 2.75) is 20.0 Å². The van der Waals surface area contributed by atoms with Gasteiger partial charge < -0.3 is 10.6 Å². The molecule has 0 atom stereocenters. The lowest BCUT2D eigenvalue weighted by molar-refractivity contribution is 0.811. The summed E-state index contributed by atoms with van der Waals surface area (Å²) < 4.78 is 0. The molecule has 0 saturated heterocycles. The third kappa shape index (κ3) is 2.84. The highest BCUT2D eigenvalue weighted by molar-refractivity contribution is 5.50. The molecule has 2 heterocycles. The molecule has 4 nitrogen and oxygen atoms in total. The van der Waals surface area contributed by atoms with Crippen molar-refractivity contribution < 1.29 is 0 Å². The zero-order valence-corrected chi connectivity index (χ0v) is 10.6. The summed E-state index contributed by atoms with van der Waals surface area (Å²) in [4.78, 5) is 10.6. The van der Waals surface area contributed by atoms with Crippen LogP contribution in [0.15, 0.2) is 42.9 Å². The molecule has 0 aliphatic carbocycles. The maximum Gasteiger partial charge on any atom is 0.0772 e. The molecule has 0 saturated carbocycles. The molecule has 2 rings (SSSR count). The van der Waals surface area contributed by atoms with E-state index in [-0.39, 0.29) is 0 Å². The minimum Gasteiger partial charge on any atom is -0.366 e. The zero-order chi connectivity index (χ0) is 12.8. The van der Waals surface area contributed by atoms with Gasteiger partial charge in [0.1, 0.15) is 0 Å². The van der Waals surface area contributed by atoms with Gasteiger partial charge in [-0.2, -0.15) is 0 Å². The number of aromatic nitrogens is 2. The van der Waals surface area contributed by atoms with E-state index < -0.39 is 0 Å². The smallest absolute Gasteiger partial charge is 0.0772 e. The number of nitrogens with two attached hydrogens (primary N) is 1. The minimum atomic E-state index is 0.461. The Labute approximate surface area is 107 Å². The van der Waals surface area contributed by atoms with E-state index in [0.29, 0.717) is 6.54 Å². The van der Waals surface area contributed by atoms with Crippen LogP contribution in [0.25, 0.3) is 0 Å². The quantitative estimate of drug-likeness (QED) is 0.870.